The first kappa shape index (κ1) is 13.7. The number of aromatic nitrogens is 1. The Balaban J connectivity index is 1.65. The van der Waals surface area contributed by atoms with E-state index in [1.807, 2.05) is 24.3 Å². The van der Waals surface area contributed by atoms with Crippen LogP contribution in [0.25, 0.3) is 0 Å². The average molecular weight is 352 g/mol. The summed E-state index contributed by atoms with van der Waals surface area (Å²) in [4.78, 5) is 17.7. The van der Waals surface area contributed by atoms with Gasteiger partial charge in [0.05, 0.1) is 12.1 Å². The van der Waals surface area contributed by atoms with Gasteiger partial charge in [-0.25, -0.2) is 4.98 Å². The van der Waals surface area contributed by atoms with Gasteiger partial charge in [-0.2, -0.15) is 0 Å². The van der Waals surface area contributed by atoms with Crippen molar-refractivity contribution in [3.8, 4) is 0 Å². The van der Waals surface area contributed by atoms with Gasteiger partial charge in [0.15, 0.2) is 5.13 Å². The van der Waals surface area contributed by atoms with Crippen LogP contribution in [0.1, 0.15) is 16.1 Å². The summed E-state index contributed by atoms with van der Waals surface area (Å²) >= 11 is 4.97. The molecule has 0 fully saturated rings. The van der Waals surface area contributed by atoms with Crippen molar-refractivity contribution < 1.29 is 4.79 Å². The van der Waals surface area contributed by atoms with E-state index in [2.05, 4.69) is 31.5 Å². The predicted octanol–water partition coefficient (Wildman–Crippen LogP) is 2.73. The minimum atomic E-state index is -0.0258. The van der Waals surface area contributed by atoms with Crippen LogP contribution in [0.5, 0.6) is 0 Å². The number of amides is 1. The number of carbonyl (C=O) groups is 1. The fraction of sp³-hybridized carbons (Fsp3) is 0.286. The Kier molecular flexibility index (Phi) is 4.14. The number of benzene rings is 1. The van der Waals surface area contributed by atoms with E-state index in [-0.39, 0.29) is 5.91 Å². The molecule has 6 heteroatoms. The number of rotatable bonds is 3. The molecule has 1 aromatic heterocycles. The topological polar surface area (TPSA) is 54.0 Å². The molecule has 4 nitrogen and oxygen atoms in total. The summed E-state index contributed by atoms with van der Waals surface area (Å²) in [6.45, 7) is 1.82. The first-order valence-electron chi connectivity index (χ1n) is 6.44. The van der Waals surface area contributed by atoms with Crippen molar-refractivity contribution in [2.75, 3.05) is 11.9 Å². The third-order valence-corrected chi connectivity index (χ3v) is 4.61. The van der Waals surface area contributed by atoms with Gasteiger partial charge >= 0.3 is 0 Å². The molecule has 0 aliphatic carbocycles. The van der Waals surface area contributed by atoms with Gasteiger partial charge in [-0.1, -0.05) is 28.1 Å². The molecule has 0 atom stereocenters. The van der Waals surface area contributed by atoms with Gasteiger partial charge < -0.3 is 10.6 Å². The number of carbonyl (C=O) groups excluding carboxylic acids is 1. The van der Waals surface area contributed by atoms with E-state index in [0.717, 1.165) is 35.2 Å². The van der Waals surface area contributed by atoms with E-state index in [9.17, 15) is 4.79 Å². The molecule has 2 N–H and O–H groups in total. The number of halogens is 1. The Morgan fingerprint density at radius 1 is 1.50 bits per heavy atom. The maximum absolute atomic E-state index is 12.0. The van der Waals surface area contributed by atoms with E-state index in [1.165, 1.54) is 4.88 Å². The molecule has 0 saturated carbocycles. The molecule has 0 unspecified atom stereocenters. The van der Waals surface area contributed by atoms with Crippen LogP contribution in [0.15, 0.2) is 28.7 Å². The maximum Gasteiger partial charge on any atom is 0.230 e. The van der Waals surface area contributed by atoms with Crippen LogP contribution in [0.4, 0.5) is 5.13 Å². The number of nitrogens with zero attached hydrogens (tertiary/aromatic N) is 1. The van der Waals surface area contributed by atoms with Crippen molar-refractivity contribution in [1.82, 2.24) is 10.3 Å². The number of hydrogen-bond acceptors (Lipinski definition) is 4. The molecule has 1 amide bonds. The lowest BCUT2D eigenvalue weighted by Gasteiger charge is -2.09. The monoisotopic (exact) mass is 351 g/mol. The third-order valence-electron chi connectivity index (χ3n) is 3.10. The Morgan fingerprint density at radius 3 is 3.20 bits per heavy atom. The molecular formula is C14H14BrN3OS. The average Bonchev–Trinajstić information content (AvgIpc) is 2.80. The molecule has 2 aromatic rings. The number of nitrogens with one attached hydrogen (secondary N) is 2. The summed E-state index contributed by atoms with van der Waals surface area (Å²) in [6, 6.07) is 7.78. The first-order chi connectivity index (χ1) is 9.70. The standard InChI is InChI=1S/C14H14BrN3OS/c15-10-3-1-2-9(6-10)7-13(19)18-14-17-11-4-5-16-8-12(11)20-14/h1-3,6,16H,4-5,7-8H2,(H,17,18,19). The summed E-state index contributed by atoms with van der Waals surface area (Å²) < 4.78 is 0.985. The normalized spacial score (nSPS) is 13.8. The Bertz CT molecular complexity index is 618. The van der Waals surface area contributed by atoms with Crippen molar-refractivity contribution in [3.05, 3.63) is 44.9 Å². The fourth-order valence-corrected chi connectivity index (χ4v) is 3.62. The van der Waals surface area contributed by atoms with Crippen LogP contribution in [0.2, 0.25) is 0 Å². The fourth-order valence-electron chi connectivity index (χ4n) is 2.17. The molecule has 104 valence electrons. The molecule has 0 radical (unpaired) electrons. The highest BCUT2D eigenvalue weighted by atomic mass is 79.9. The van der Waals surface area contributed by atoms with Crippen LogP contribution in [-0.4, -0.2) is 17.4 Å². The van der Waals surface area contributed by atoms with Crippen molar-refractivity contribution in [2.45, 2.75) is 19.4 Å². The summed E-state index contributed by atoms with van der Waals surface area (Å²) in [5, 5.41) is 6.91. The zero-order valence-electron chi connectivity index (χ0n) is 10.8. The van der Waals surface area contributed by atoms with Crippen molar-refractivity contribution in [3.63, 3.8) is 0 Å². The molecule has 0 saturated heterocycles. The minimum Gasteiger partial charge on any atom is -0.311 e. The molecule has 20 heavy (non-hydrogen) atoms. The molecule has 1 aliphatic heterocycles. The summed E-state index contributed by atoms with van der Waals surface area (Å²) in [5.41, 5.74) is 2.10. The molecular weight excluding hydrogens is 338 g/mol. The Hall–Kier alpha value is -1.24. The molecule has 0 bridgehead atoms. The molecule has 2 heterocycles. The highest BCUT2D eigenvalue weighted by Crippen LogP contribution is 2.25. The highest BCUT2D eigenvalue weighted by molar-refractivity contribution is 9.10. The number of hydrogen-bond donors (Lipinski definition) is 2. The zero-order valence-corrected chi connectivity index (χ0v) is 13.2. The lowest BCUT2D eigenvalue weighted by Crippen LogP contribution is -2.22. The Labute approximate surface area is 129 Å². The quantitative estimate of drug-likeness (QED) is 0.893. The molecule has 3 rings (SSSR count). The smallest absolute Gasteiger partial charge is 0.230 e. The second-order valence-electron chi connectivity index (χ2n) is 4.67. The maximum atomic E-state index is 12.0. The summed E-state index contributed by atoms with van der Waals surface area (Å²) in [6.07, 6.45) is 1.30. The van der Waals surface area contributed by atoms with Gasteiger partial charge in [-0.3, -0.25) is 4.79 Å². The predicted molar refractivity (Wildman–Crippen MR) is 84.0 cm³/mol. The van der Waals surface area contributed by atoms with Gasteiger partial charge in [0.25, 0.3) is 0 Å². The summed E-state index contributed by atoms with van der Waals surface area (Å²) in [5.74, 6) is -0.0258. The van der Waals surface area contributed by atoms with Crippen LogP contribution in [0.3, 0.4) is 0 Å². The van der Waals surface area contributed by atoms with Crippen LogP contribution < -0.4 is 10.6 Å². The van der Waals surface area contributed by atoms with Gasteiger partial charge in [0, 0.05) is 28.9 Å². The molecule has 1 aromatic carbocycles. The van der Waals surface area contributed by atoms with Crippen molar-refractivity contribution in [1.29, 1.82) is 0 Å². The lowest BCUT2D eigenvalue weighted by atomic mass is 10.1. The van der Waals surface area contributed by atoms with Gasteiger partial charge in [0.1, 0.15) is 0 Å². The molecule has 1 aliphatic rings. The highest BCUT2D eigenvalue weighted by Gasteiger charge is 2.16. The van der Waals surface area contributed by atoms with E-state index < -0.39 is 0 Å². The zero-order chi connectivity index (χ0) is 13.9. The first-order valence-corrected chi connectivity index (χ1v) is 8.05. The van der Waals surface area contributed by atoms with Gasteiger partial charge in [-0.05, 0) is 17.7 Å². The van der Waals surface area contributed by atoms with E-state index in [4.69, 9.17) is 0 Å². The van der Waals surface area contributed by atoms with Crippen LogP contribution >= 0.6 is 27.3 Å². The van der Waals surface area contributed by atoms with E-state index in [0.29, 0.717) is 11.6 Å². The summed E-state index contributed by atoms with van der Waals surface area (Å²) in [7, 11) is 0. The van der Waals surface area contributed by atoms with E-state index in [1.54, 1.807) is 11.3 Å². The SMILES string of the molecule is O=C(Cc1cccc(Br)c1)Nc1nc2c(s1)CNCC2. The number of anilines is 1. The van der Waals surface area contributed by atoms with Gasteiger partial charge in [0.2, 0.25) is 5.91 Å². The minimum absolute atomic E-state index is 0.0258. The Morgan fingerprint density at radius 2 is 2.40 bits per heavy atom. The van der Waals surface area contributed by atoms with E-state index >= 15 is 0 Å². The number of thiazole rings is 1. The van der Waals surface area contributed by atoms with Gasteiger partial charge in [-0.15, -0.1) is 11.3 Å². The van der Waals surface area contributed by atoms with Crippen LogP contribution in [-0.2, 0) is 24.2 Å². The second kappa shape index (κ2) is 6.03. The third kappa shape index (κ3) is 3.26. The largest absolute Gasteiger partial charge is 0.311 e. The molecule has 0 spiro atoms. The lowest BCUT2D eigenvalue weighted by molar-refractivity contribution is -0.115. The van der Waals surface area contributed by atoms with Crippen molar-refractivity contribution in [2.24, 2.45) is 0 Å². The van der Waals surface area contributed by atoms with Crippen molar-refractivity contribution >= 4 is 38.3 Å². The second-order valence-corrected chi connectivity index (χ2v) is 6.67. The number of fused-ring (bicyclic) bond motifs is 1. The van der Waals surface area contributed by atoms with Crippen LogP contribution in [0, 0.1) is 0 Å².